The Balaban J connectivity index is 1.58. The third-order valence-electron chi connectivity index (χ3n) is 3.46. The van der Waals surface area contributed by atoms with Crippen molar-refractivity contribution in [3.05, 3.63) is 29.6 Å². The van der Waals surface area contributed by atoms with Gasteiger partial charge >= 0.3 is 0 Å². The summed E-state index contributed by atoms with van der Waals surface area (Å²) in [5.74, 6) is -0.0381. The maximum Gasteiger partial charge on any atom is 0.252 e. The van der Waals surface area contributed by atoms with Crippen molar-refractivity contribution in [2.75, 3.05) is 39.4 Å². The van der Waals surface area contributed by atoms with Crippen LogP contribution < -0.4 is 5.32 Å². The van der Waals surface area contributed by atoms with Gasteiger partial charge in [-0.3, -0.25) is 14.7 Å². The number of hydrogen-bond donors (Lipinski definition) is 1. The molecule has 0 atom stereocenters. The van der Waals surface area contributed by atoms with E-state index in [9.17, 15) is 4.79 Å². The molecule has 0 saturated carbocycles. The van der Waals surface area contributed by atoms with E-state index in [2.05, 4.69) is 15.2 Å². The molecule has 1 fully saturated rings. The molecular weight excluding hydrogens is 254 g/mol. The highest BCUT2D eigenvalue weighted by Gasteiger charge is 2.09. The van der Waals surface area contributed by atoms with E-state index in [-0.39, 0.29) is 5.91 Å². The molecule has 0 bridgehead atoms. The second-order valence-corrected chi connectivity index (χ2v) is 5.11. The lowest BCUT2D eigenvalue weighted by Gasteiger charge is -2.26. The number of ether oxygens (including phenoxy) is 1. The Morgan fingerprint density at radius 3 is 2.85 bits per heavy atom. The fourth-order valence-electron chi connectivity index (χ4n) is 2.19. The molecule has 1 amide bonds. The van der Waals surface area contributed by atoms with Gasteiger partial charge in [-0.25, -0.2) is 0 Å². The van der Waals surface area contributed by atoms with Crippen molar-refractivity contribution in [1.82, 2.24) is 15.2 Å². The number of carbonyl (C=O) groups is 1. The molecule has 1 aromatic heterocycles. The Labute approximate surface area is 120 Å². The minimum atomic E-state index is -0.0381. The lowest BCUT2D eigenvalue weighted by Crippen LogP contribution is -2.37. The topological polar surface area (TPSA) is 54.5 Å². The Kier molecular flexibility index (Phi) is 5.95. The first-order valence-electron chi connectivity index (χ1n) is 7.26. The van der Waals surface area contributed by atoms with Crippen molar-refractivity contribution in [1.29, 1.82) is 0 Å². The zero-order valence-corrected chi connectivity index (χ0v) is 12.1. The predicted molar refractivity (Wildman–Crippen MR) is 77.8 cm³/mol. The summed E-state index contributed by atoms with van der Waals surface area (Å²) >= 11 is 0. The summed E-state index contributed by atoms with van der Waals surface area (Å²) in [7, 11) is 0. The van der Waals surface area contributed by atoms with Gasteiger partial charge in [-0.05, 0) is 38.4 Å². The Hall–Kier alpha value is -1.46. The van der Waals surface area contributed by atoms with Crippen LogP contribution in [0.25, 0.3) is 0 Å². The van der Waals surface area contributed by atoms with Gasteiger partial charge < -0.3 is 10.1 Å². The molecule has 0 spiro atoms. The lowest BCUT2D eigenvalue weighted by atomic mass is 10.2. The van der Waals surface area contributed by atoms with Gasteiger partial charge in [-0.2, -0.15) is 0 Å². The summed E-state index contributed by atoms with van der Waals surface area (Å²) in [6.45, 7) is 7.47. The van der Waals surface area contributed by atoms with Crippen molar-refractivity contribution in [3.63, 3.8) is 0 Å². The third-order valence-corrected chi connectivity index (χ3v) is 3.46. The molecule has 0 radical (unpaired) electrons. The molecule has 1 N–H and O–H groups in total. The molecule has 0 unspecified atom stereocenters. The van der Waals surface area contributed by atoms with Gasteiger partial charge in [0, 0.05) is 31.5 Å². The van der Waals surface area contributed by atoms with Crippen LogP contribution in [0.5, 0.6) is 0 Å². The smallest absolute Gasteiger partial charge is 0.252 e. The summed E-state index contributed by atoms with van der Waals surface area (Å²) in [6.07, 6.45) is 3.73. The summed E-state index contributed by atoms with van der Waals surface area (Å²) in [5.41, 5.74) is 1.55. The number of hydrogen-bond acceptors (Lipinski definition) is 4. The largest absolute Gasteiger partial charge is 0.379 e. The van der Waals surface area contributed by atoms with Crippen molar-refractivity contribution >= 4 is 5.91 Å². The average Bonchev–Trinajstić information content (AvgIpc) is 2.48. The van der Waals surface area contributed by atoms with Crippen LogP contribution in [0, 0.1) is 6.92 Å². The fraction of sp³-hybridized carbons (Fsp3) is 0.600. The third kappa shape index (κ3) is 4.90. The van der Waals surface area contributed by atoms with Gasteiger partial charge in [0.25, 0.3) is 5.91 Å². The number of unbranched alkanes of at least 4 members (excludes halogenated alkanes) is 1. The standard InChI is InChI=1S/C15H23N3O2/c1-13-4-5-14(12-17-13)15(19)16-6-2-3-7-18-8-10-20-11-9-18/h4-5,12H,2-3,6-11H2,1H3,(H,16,19). The molecular formula is C15H23N3O2. The predicted octanol–water partition coefficient (Wildman–Crippen LogP) is 1.23. The highest BCUT2D eigenvalue weighted by atomic mass is 16.5. The number of carbonyl (C=O) groups excluding carboxylic acids is 1. The summed E-state index contributed by atoms with van der Waals surface area (Å²) in [6, 6.07) is 3.67. The Morgan fingerprint density at radius 1 is 1.35 bits per heavy atom. The van der Waals surface area contributed by atoms with Gasteiger partial charge in [0.1, 0.15) is 0 Å². The van der Waals surface area contributed by atoms with Crippen molar-refractivity contribution < 1.29 is 9.53 Å². The van der Waals surface area contributed by atoms with Gasteiger partial charge in [-0.15, -0.1) is 0 Å². The monoisotopic (exact) mass is 277 g/mol. The summed E-state index contributed by atoms with van der Waals surface area (Å²) < 4.78 is 5.31. The number of nitrogens with zero attached hydrogens (tertiary/aromatic N) is 2. The molecule has 5 nitrogen and oxygen atoms in total. The van der Waals surface area contributed by atoms with Gasteiger partial charge in [0.2, 0.25) is 0 Å². The van der Waals surface area contributed by atoms with Gasteiger partial charge in [0.15, 0.2) is 0 Å². The van der Waals surface area contributed by atoms with Crippen LogP contribution in [0.4, 0.5) is 0 Å². The Bertz CT molecular complexity index is 414. The highest BCUT2D eigenvalue weighted by molar-refractivity contribution is 5.93. The van der Waals surface area contributed by atoms with E-state index in [4.69, 9.17) is 4.74 Å². The van der Waals surface area contributed by atoms with Crippen molar-refractivity contribution in [2.45, 2.75) is 19.8 Å². The van der Waals surface area contributed by atoms with Crippen molar-refractivity contribution in [2.24, 2.45) is 0 Å². The van der Waals surface area contributed by atoms with Crippen LogP contribution in [0.2, 0.25) is 0 Å². The molecule has 1 saturated heterocycles. The highest BCUT2D eigenvalue weighted by Crippen LogP contribution is 2.01. The molecule has 2 rings (SSSR count). The van der Waals surface area contributed by atoms with E-state index < -0.39 is 0 Å². The minimum Gasteiger partial charge on any atom is -0.379 e. The first-order valence-corrected chi connectivity index (χ1v) is 7.26. The zero-order chi connectivity index (χ0) is 14.2. The van der Waals surface area contributed by atoms with E-state index in [1.54, 1.807) is 6.20 Å². The molecule has 0 aromatic carbocycles. The molecule has 0 aliphatic carbocycles. The molecule has 1 aliphatic heterocycles. The van der Waals surface area contributed by atoms with E-state index in [1.807, 2.05) is 19.1 Å². The van der Waals surface area contributed by atoms with E-state index >= 15 is 0 Å². The summed E-state index contributed by atoms with van der Waals surface area (Å²) in [4.78, 5) is 18.4. The van der Waals surface area contributed by atoms with Crippen LogP contribution in [-0.2, 0) is 4.74 Å². The normalized spacial score (nSPS) is 16.1. The first kappa shape index (κ1) is 14.9. The number of morpholine rings is 1. The number of nitrogens with one attached hydrogen (secondary N) is 1. The number of rotatable bonds is 6. The number of pyridine rings is 1. The molecule has 1 aliphatic rings. The maximum absolute atomic E-state index is 11.8. The van der Waals surface area contributed by atoms with Gasteiger partial charge in [0.05, 0.1) is 18.8 Å². The van der Waals surface area contributed by atoms with Crippen LogP contribution >= 0.6 is 0 Å². The minimum absolute atomic E-state index is 0.0381. The molecule has 110 valence electrons. The molecule has 5 heteroatoms. The van der Waals surface area contributed by atoms with Crippen LogP contribution in [-0.4, -0.2) is 55.2 Å². The molecule has 2 heterocycles. The molecule has 20 heavy (non-hydrogen) atoms. The number of aryl methyl sites for hydroxylation is 1. The fourth-order valence-corrected chi connectivity index (χ4v) is 2.19. The average molecular weight is 277 g/mol. The number of amides is 1. The van der Waals surface area contributed by atoms with Crippen LogP contribution in [0.15, 0.2) is 18.3 Å². The van der Waals surface area contributed by atoms with E-state index in [1.165, 1.54) is 0 Å². The SMILES string of the molecule is Cc1ccc(C(=O)NCCCCN2CCOCC2)cn1. The maximum atomic E-state index is 11.8. The molecule has 1 aromatic rings. The van der Waals surface area contributed by atoms with Crippen LogP contribution in [0.3, 0.4) is 0 Å². The quantitative estimate of drug-likeness (QED) is 0.795. The lowest BCUT2D eigenvalue weighted by molar-refractivity contribution is 0.0372. The number of aromatic nitrogens is 1. The van der Waals surface area contributed by atoms with Gasteiger partial charge in [-0.1, -0.05) is 0 Å². The van der Waals surface area contributed by atoms with Crippen LogP contribution in [0.1, 0.15) is 28.9 Å². The second kappa shape index (κ2) is 7.97. The second-order valence-electron chi connectivity index (χ2n) is 5.11. The Morgan fingerprint density at radius 2 is 2.15 bits per heavy atom. The zero-order valence-electron chi connectivity index (χ0n) is 12.1. The van der Waals surface area contributed by atoms with E-state index in [0.717, 1.165) is 57.9 Å². The van der Waals surface area contributed by atoms with E-state index in [0.29, 0.717) is 5.56 Å². The first-order chi connectivity index (χ1) is 9.75. The summed E-state index contributed by atoms with van der Waals surface area (Å²) in [5, 5.41) is 2.93. The van der Waals surface area contributed by atoms with Crippen molar-refractivity contribution in [3.8, 4) is 0 Å².